The molecule has 11 heteroatoms. The summed E-state index contributed by atoms with van der Waals surface area (Å²) < 4.78 is 17.8. The Labute approximate surface area is 164 Å². The third kappa shape index (κ3) is 3.04. The average molecular weight is 401 g/mol. The van der Waals surface area contributed by atoms with Crippen LogP contribution in [0.5, 0.6) is 11.5 Å². The summed E-state index contributed by atoms with van der Waals surface area (Å²) in [4.78, 5) is 12.8. The van der Waals surface area contributed by atoms with Crippen molar-refractivity contribution in [3.63, 3.8) is 0 Å². The maximum Gasteiger partial charge on any atom is 0.231 e. The van der Waals surface area contributed by atoms with Crippen LogP contribution in [0.25, 0.3) is 11.2 Å². The Morgan fingerprint density at radius 3 is 2.79 bits per heavy atom. The molecule has 3 aromatic rings. The number of aliphatic hydroxyl groups is 3. The van der Waals surface area contributed by atoms with Gasteiger partial charge in [-0.25, -0.2) is 15.0 Å². The van der Waals surface area contributed by atoms with Gasteiger partial charge in [0.1, 0.15) is 24.6 Å². The van der Waals surface area contributed by atoms with Crippen molar-refractivity contribution in [3.05, 3.63) is 36.4 Å². The van der Waals surface area contributed by atoms with Crippen LogP contribution in [-0.2, 0) is 11.3 Å². The van der Waals surface area contributed by atoms with Crippen molar-refractivity contribution >= 4 is 17.0 Å². The van der Waals surface area contributed by atoms with Gasteiger partial charge in [-0.3, -0.25) is 4.57 Å². The first-order valence-electron chi connectivity index (χ1n) is 9.08. The van der Waals surface area contributed by atoms with Crippen molar-refractivity contribution in [2.45, 2.75) is 31.1 Å². The van der Waals surface area contributed by atoms with Crippen LogP contribution in [0.1, 0.15) is 11.8 Å². The number of hydrogen-bond acceptors (Lipinski definition) is 10. The van der Waals surface area contributed by atoms with Crippen LogP contribution in [-0.4, -0.2) is 66.6 Å². The number of nitrogens with zero attached hydrogens (tertiary/aromatic N) is 4. The smallest absolute Gasteiger partial charge is 0.231 e. The van der Waals surface area contributed by atoms with Crippen molar-refractivity contribution in [3.8, 4) is 11.5 Å². The molecule has 0 saturated carbocycles. The van der Waals surface area contributed by atoms with E-state index < -0.39 is 31.1 Å². The Morgan fingerprint density at radius 1 is 1.10 bits per heavy atom. The lowest BCUT2D eigenvalue weighted by atomic mass is 10.1. The van der Waals surface area contributed by atoms with Crippen LogP contribution in [0, 0.1) is 0 Å². The molecule has 0 aliphatic carbocycles. The molecule has 1 saturated heterocycles. The fourth-order valence-corrected chi connectivity index (χ4v) is 3.51. The van der Waals surface area contributed by atoms with Gasteiger partial charge in [0.2, 0.25) is 6.79 Å². The Morgan fingerprint density at radius 2 is 1.97 bits per heavy atom. The molecule has 4 atom stereocenters. The van der Waals surface area contributed by atoms with Crippen molar-refractivity contribution < 1.29 is 29.5 Å². The minimum absolute atomic E-state index is 0.219. The normalized spacial score (nSPS) is 25.6. The van der Waals surface area contributed by atoms with Gasteiger partial charge in [0.15, 0.2) is 34.7 Å². The first-order chi connectivity index (χ1) is 14.2. The number of nitrogens with one attached hydrogen (secondary N) is 1. The quantitative estimate of drug-likeness (QED) is 0.453. The zero-order valence-electron chi connectivity index (χ0n) is 15.2. The van der Waals surface area contributed by atoms with Crippen molar-refractivity contribution in [1.29, 1.82) is 0 Å². The summed E-state index contributed by atoms with van der Waals surface area (Å²) in [6.07, 6.45) is -1.37. The summed E-state index contributed by atoms with van der Waals surface area (Å²) in [6, 6.07) is 5.67. The minimum atomic E-state index is -1.22. The number of ether oxygens (including phenoxy) is 3. The zero-order valence-corrected chi connectivity index (χ0v) is 15.2. The van der Waals surface area contributed by atoms with Gasteiger partial charge in [-0.05, 0) is 17.7 Å². The van der Waals surface area contributed by atoms with Crippen LogP contribution in [0.2, 0.25) is 0 Å². The largest absolute Gasteiger partial charge is 0.454 e. The summed E-state index contributed by atoms with van der Waals surface area (Å²) in [5.74, 6) is 1.93. The molecule has 5 rings (SSSR count). The molecule has 0 amide bonds. The van der Waals surface area contributed by atoms with E-state index in [0.29, 0.717) is 29.3 Å². The number of anilines is 1. The van der Waals surface area contributed by atoms with Gasteiger partial charge in [0.25, 0.3) is 0 Å². The third-order valence-electron chi connectivity index (χ3n) is 5.05. The Hall–Kier alpha value is -2.99. The van der Waals surface area contributed by atoms with E-state index in [9.17, 15) is 15.3 Å². The second kappa shape index (κ2) is 7.12. The number of fused-ring (bicyclic) bond motifs is 2. The molecule has 4 heterocycles. The van der Waals surface area contributed by atoms with Crippen LogP contribution in [0.15, 0.2) is 30.9 Å². The predicted octanol–water partition coefficient (Wildman–Crippen LogP) is -0.221. The molecule has 4 N–H and O–H groups in total. The van der Waals surface area contributed by atoms with E-state index in [1.54, 1.807) is 0 Å². The number of rotatable bonds is 5. The molecule has 11 nitrogen and oxygen atoms in total. The monoisotopic (exact) mass is 401 g/mol. The molecule has 2 aromatic heterocycles. The lowest BCUT2D eigenvalue weighted by Gasteiger charge is -2.16. The Kier molecular flexibility index (Phi) is 4.43. The summed E-state index contributed by atoms with van der Waals surface area (Å²) in [5.41, 5.74) is 1.90. The highest BCUT2D eigenvalue weighted by Gasteiger charge is 2.44. The Balaban J connectivity index is 1.39. The van der Waals surface area contributed by atoms with Crippen molar-refractivity contribution in [1.82, 2.24) is 19.5 Å². The highest BCUT2D eigenvalue weighted by atomic mass is 16.7. The molecule has 0 spiro atoms. The molecular formula is C18H19N5O6. The van der Waals surface area contributed by atoms with Crippen molar-refractivity contribution in [2.75, 3.05) is 18.7 Å². The standard InChI is InChI=1S/C18H19N5O6/c24-5-12-14(25)15(26)18(29-12)23-7-22-13-16(20-6-21-17(13)23)19-4-9-1-2-10-11(3-9)28-8-27-10/h1-3,6-7,12,14-15,18,24-26H,4-5,8H2,(H,19,20,21)/t12-,14+,15?,18-/m1/s1. The minimum Gasteiger partial charge on any atom is -0.454 e. The fourth-order valence-electron chi connectivity index (χ4n) is 3.51. The summed E-state index contributed by atoms with van der Waals surface area (Å²) in [6.45, 7) is 0.291. The SMILES string of the molecule is OC[C@H]1O[C@@H](n2cnc3c(NCc4ccc5c(c4)OCO5)ncnc32)C(O)[C@H]1O. The molecule has 152 valence electrons. The number of benzene rings is 1. The lowest BCUT2D eigenvalue weighted by Crippen LogP contribution is -2.33. The second-order valence-electron chi connectivity index (χ2n) is 6.82. The van der Waals surface area contributed by atoms with E-state index in [2.05, 4.69) is 20.3 Å². The first kappa shape index (κ1) is 18.1. The summed E-state index contributed by atoms with van der Waals surface area (Å²) >= 11 is 0. The Bertz CT molecular complexity index is 1040. The molecule has 1 aromatic carbocycles. The van der Waals surface area contributed by atoms with E-state index in [1.165, 1.54) is 17.2 Å². The highest BCUT2D eigenvalue weighted by molar-refractivity contribution is 5.82. The van der Waals surface area contributed by atoms with Gasteiger partial charge in [-0.2, -0.15) is 0 Å². The molecular weight excluding hydrogens is 382 g/mol. The fraction of sp³-hybridized carbons (Fsp3) is 0.389. The van der Waals surface area contributed by atoms with Crippen molar-refractivity contribution in [2.24, 2.45) is 0 Å². The number of aromatic nitrogens is 4. The second-order valence-corrected chi connectivity index (χ2v) is 6.82. The van der Waals surface area contributed by atoms with Gasteiger partial charge < -0.3 is 34.8 Å². The molecule has 2 aliphatic rings. The summed E-state index contributed by atoms with van der Waals surface area (Å²) in [5, 5.41) is 32.8. The number of imidazole rings is 1. The van der Waals surface area contributed by atoms with Gasteiger partial charge in [-0.1, -0.05) is 6.07 Å². The third-order valence-corrected chi connectivity index (χ3v) is 5.05. The van der Waals surface area contributed by atoms with E-state index in [-0.39, 0.29) is 6.79 Å². The molecule has 2 aliphatic heterocycles. The molecule has 1 fully saturated rings. The van der Waals surface area contributed by atoms with Crippen LogP contribution >= 0.6 is 0 Å². The van der Waals surface area contributed by atoms with Crippen LogP contribution < -0.4 is 14.8 Å². The lowest BCUT2D eigenvalue weighted by molar-refractivity contribution is -0.0511. The first-order valence-corrected chi connectivity index (χ1v) is 9.08. The predicted molar refractivity (Wildman–Crippen MR) is 98.2 cm³/mol. The topological polar surface area (TPSA) is 144 Å². The van der Waals surface area contributed by atoms with E-state index >= 15 is 0 Å². The maximum atomic E-state index is 10.3. The van der Waals surface area contributed by atoms with Gasteiger partial charge in [0, 0.05) is 6.54 Å². The summed E-state index contributed by atoms with van der Waals surface area (Å²) in [7, 11) is 0. The highest BCUT2D eigenvalue weighted by Crippen LogP contribution is 2.34. The number of aliphatic hydroxyl groups excluding tert-OH is 3. The maximum absolute atomic E-state index is 10.3. The molecule has 0 bridgehead atoms. The van der Waals surface area contributed by atoms with Gasteiger partial charge in [0.05, 0.1) is 12.9 Å². The van der Waals surface area contributed by atoms with Crippen LogP contribution in [0.3, 0.4) is 0 Å². The van der Waals surface area contributed by atoms with E-state index in [1.807, 2.05) is 18.2 Å². The van der Waals surface area contributed by atoms with E-state index in [0.717, 1.165) is 11.3 Å². The molecule has 1 unspecified atom stereocenters. The number of hydrogen-bond donors (Lipinski definition) is 4. The molecule has 29 heavy (non-hydrogen) atoms. The average Bonchev–Trinajstić information content (AvgIpc) is 3.44. The molecule has 0 radical (unpaired) electrons. The van der Waals surface area contributed by atoms with Crippen LogP contribution in [0.4, 0.5) is 5.82 Å². The van der Waals surface area contributed by atoms with Gasteiger partial charge >= 0.3 is 0 Å². The van der Waals surface area contributed by atoms with Gasteiger partial charge in [-0.15, -0.1) is 0 Å². The van der Waals surface area contributed by atoms with E-state index in [4.69, 9.17) is 14.2 Å². The zero-order chi connectivity index (χ0) is 20.0.